The van der Waals surface area contributed by atoms with E-state index in [1.54, 1.807) is 0 Å². The Kier molecular flexibility index (Phi) is 5.08. The van der Waals surface area contributed by atoms with Crippen molar-refractivity contribution in [1.82, 2.24) is 4.90 Å². The summed E-state index contributed by atoms with van der Waals surface area (Å²) >= 11 is 5.81. The molecule has 1 heterocycles. The van der Waals surface area contributed by atoms with Crippen molar-refractivity contribution < 1.29 is 9.53 Å². The first kappa shape index (κ1) is 14.2. The summed E-state index contributed by atoms with van der Waals surface area (Å²) in [5, 5.41) is 0. The van der Waals surface area contributed by atoms with E-state index in [9.17, 15) is 4.79 Å². The van der Waals surface area contributed by atoms with Gasteiger partial charge in [0.1, 0.15) is 5.75 Å². The fraction of sp³-hybridized carbons (Fsp3) is 0.533. The average Bonchev–Trinajstić information content (AvgIpc) is 2.79. The molecule has 1 aromatic carbocycles. The molecule has 1 aliphatic heterocycles. The van der Waals surface area contributed by atoms with Gasteiger partial charge in [0, 0.05) is 25.4 Å². The zero-order valence-corrected chi connectivity index (χ0v) is 12.0. The van der Waals surface area contributed by atoms with Crippen LogP contribution >= 0.6 is 11.6 Å². The summed E-state index contributed by atoms with van der Waals surface area (Å²) in [4.78, 5) is 13.7. The molecule has 0 aliphatic carbocycles. The Bertz CT molecular complexity index is 419. The predicted octanol–water partition coefficient (Wildman–Crippen LogP) is 2.72. The topological polar surface area (TPSA) is 29.5 Å². The molecule has 0 N–H and O–H groups in total. The van der Waals surface area contributed by atoms with Gasteiger partial charge in [0.05, 0.1) is 6.61 Å². The summed E-state index contributed by atoms with van der Waals surface area (Å²) in [6, 6.07) is 8.08. The highest BCUT2D eigenvalue weighted by atomic mass is 35.5. The van der Waals surface area contributed by atoms with Crippen molar-refractivity contribution in [1.29, 1.82) is 0 Å². The minimum atomic E-state index is 0.233. The number of alkyl halides is 1. The lowest BCUT2D eigenvalue weighted by molar-refractivity contribution is -0.127. The molecule has 1 saturated heterocycles. The molecule has 0 saturated carbocycles. The minimum Gasteiger partial charge on any atom is -0.494 e. The molecule has 0 radical (unpaired) electrons. The molecule has 1 atom stereocenters. The molecule has 104 valence electrons. The molecule has 1 aliphatic rings. The third-order valence-electron chi connectivity index (χ3n) is 3.42. The van der Waals surface area contributed by atoms with E-state index in [1.165, 1.54) is 5.56 Å². The predicted molar refractivity (Wildman–Crippen MR) is 76.7 cm³/mol. The first-order valence-corrected chi connectivity index (χ1v) is 7.32. The standard InChI is InChI=1S/C15H20ClNO2/c1-2-19-14-5-3-12(4-6-14)7-8-17-11-13(10-16)9-15(17)18/h3-6,13H,2,7-11H2,1H3. The van der Waals surface area contributed by atoms with Gasteiger partial charge in [-0.15, -0.1) is 11.6 Å². The van der Waals surface area contributed by atoms with Crippen molar-refractivity contribution in [3.05, 3.63) is 29.8 Å². The van der Waals surface area contributed by atoms with Gasteiger partial charge in [0.15, 0.2) is 0 Å². The van der Waals surface area contributed by atoms with E-state index in [2.05, 4.69) is 12.1 Å². The summed E-state index contributed by atoms with van der Waals surface area (Å²) in [5.74, 6) is 2.03. The maximum absolute atomic E-state index is 11.8. The molecule has 19 heavy (non-hydrogen) atoms. The zero-order chi connectivity index (χ0) is 13.7. The summed E-state index contributed by atoms with van der Waals surface area (Å²) in [6.45, 7) is 4.24. The van der Waals surface area contributed by atoms with Crippen LogP contribution in [0.5, 0.6) is 5.75 Å². The average molecular weight is 282 g/mol. The minimum absolute atomic E-state index is 0.233. The molecule has 4 heteroatoms. The molecule has 0 aromatic heterocycles. The lowest BCUT2D eigenvalue weighted by Crippen LogP contribution is -2.27. The molecule has 1 fully saturated rings. The van der Waals surface area contributed by atoms with Crippen molar-refractivity contribution in [2.24, 2.45) is 5.92 Å². The van der Waals surface area contributed by atoms with E-state index < -0.39 is 0 Å². The lowest BCUT2D eigenvalue weighted by Gasteiger charge is -2.16. The fourth-order valence-electron chi connectivity index (χ4n) is 2.36. The van der Waals surface area contributed by atoms with Crippen LogP contribution in [0.15, 0.2) is 24.3 Å². The van der Waals surface area contributed by atoms with E-state index in [1.807, 2.05) is 24.0 Å². The Balaban J connectivity index is 1.83. The van der Waals surface area contributed by atoms with Crippen LogP contribution in [0.4, 0.5) is 0 Å². The van der Waals surface area contributed by atoms with E-state index >= 15 is 0 Å². The van der Waals surface area contributed by atoms with Gasteiger partial charge in [-0.05, 0) is 37.0 Å². The third-order valence-corrected chi connectivity index (χ3v) is 3.85. The second-order valence-corrected chi connectivity index (χ2v) is 5.20. The summed E-state index contributed by atoms with van der Waals surface area (Å²) in [5.41, 5.74) is 1.23. The van der Waals surface area contributed by atoms with Crippen LogP contribution in [0.25, 0.3) is 0 Å². The Morgan fingerprint density at radius 3 is 2.68 bits per heavy atom. The van der Waals surface area contributed by atoms with Crippen LogP contribution in [0.2, 0.25) is 0 Å². The molecule has 1 amide bonds. The SMILES string of the molecule is CCOc1ccc(CCN2CC(CCl)CC2=O)cc1. The number of rotatable bonds is 6. The van der Waals surface area contributed by atoms with Gasteiger partial charge in [-0.2, -0.15) is 0 Å². The zero-order valence-electron chi connectivity index (χ0n) is 11.3. The first-order valence-electron chi connectivity index (χ1n) is 6.78. The van der Waals surface area contributed by atoms with Crippen molar-refractivity contribution in [2.45, 2.75) is 19.8 Å². The van der Waals surface area contributed by atoms with Gasteiger partial charge >= 0.3 is 0 Å². The Morgan fingerprint density at radius 2 is 2.11 bits per heavy atom. The van der Waals surface area contributed by atoms with Gasteiger partial charge < -0.3 is 9.64 Å². The van der Waals surface area contributed by atoms with Crippen molar-refractivity contribution in [3.8, 4) is 5.75 Å². The van der Waals surface area contributed by atoms with E-state index in [-0.39, 0.29) is 5.91 Å². The van der Waals surface area contributed by atoms with Gasteiger partial charge in [-0.3, -0.25) is 4.79 Å². The number of hydrogen-bond acceptors (Lipinski definition) is 2. The molecule has 0 bridgehead atoms. The molecular formula is C15H20ClNO2. The van der Waals surface area contributed by atoms with Gasteiger partial charge in [0.25, 0.3) is 0 Å². The maximum atomic E-state index is 11.8. The summed E-state index contributed by atoms with van der Waals surface area (Å²) in [6.07, 6.45) is 1.49. The van der Waals surface area contributed by atoms with E-state index in [0.29, 0.717) is 24.8 Å². The summed E-state index contributed by atoms with van der Waals surface area (Å²) in [7, 11) is 0. The fourth-order valence-corrected chi connectivity index (χ4v) is 2.56. The number of carbonyl (C=O) groups excluding carboxylic acids is 1. The second kappa shape index (κ2) is 6.80. The van der Waals surface area contributed by atoms with Gasteiger partial charge in [-0.1, -0.05) is 12.1 Å². The third kappa shape index (κ3) is 3.87. The Hall–Kier alpha value is -1.22. The maximum Gasteiger partial charge on any atom is 0.222 e. The number of amides is 1. The molecule has 3 nitrogen and oxygen atoms in total. The number of carbonyl (C=O) groups is 1. The monoisotopic (exact) mass is 281 g/mol. The largest absolute Gasteiger partial charge is 0.494 e. The number of nitrogens with zero attached hydrogens (tertiary/aromatic N) is 1. The smallest absolute Gasteiger partial charge is 0.222 e. The van der Waals surface area contributed by atoms with Gasteiger partial charge in [0.2, 0.25) is 5.91 Å². The molecule has 1 unspecified atom stereocenters. The molecular weight excluding hydrogens is 262 g/mol. The number of ether oxygens (including phenoxy) is 1. The Labute approximate surface area is 119 Å². The quantitative estimate of drug-likeness (QED) is 0.751. The van der Waals surface area contributed by atoms with Crippen LogP contribution in [-0.2, 0) is 11.2 Å². The highest BCUT2D eigenvalue weighted by molar-refractivity contribution is 6.18. The van der Waals surface area contributed by atoms with E-state index in [4.69, 9.17) is 16.3 Å². The van der Waals surface area contributed by atoms with Crippen LogP contribution in [0.1, 0.15) is 18.9 Å². The van der Waals surface area contributed by atoms with Crippen LogP contribution in [0.3, 0.4) is 0 Å². The first-order chi connectivity index (χ1) is 9.22. The van der Waals surface area contributed by atoms with Crippen LogP contribution in [0, 0.1) is 5.92 Å². The number of likely N-dealkylation sites (tertiary alicyclic amines) is 1. The Morgan fingerprint density at radius 1 is 1.37 bits per heavy atom. The highest BCUT2D eigenvalue weighted by Crippen LogP contribution is 2.19. The normalized spacial score (nSPS) is 18.9. The number of halogens is 1. The van der Waals surface area contributed by atoms with Crippen molar-refractivity contribution in [2.75, 3.05) is 25.6 Å². The van der Waals surface area contributed by atoms with Crippen molar-refractivity contribution in [3.63, 3.8) is 0 Å². The van der Waals surface area contributed by atoms with E-state index in [0.717, 1.165) is 25.3 Å². The molecule has 1 aromatic rings. The highest BCUT2D eigenvalue weighted by Gasteiger charge is 2.28. The van der Waals surface area contributed by atoms with Crippen molar-refractivity contribution >= 4 is 17.5 Å². The van der Waals surface area contributed by atoms with Crippen LogP contribution in [-0.4, -0.2) is 36.4 Å². The van der Waals surface area contributed by atoms with Crippen LogP contribution < -0.4 is 4.74 Å². The molecule has 0 spiro atoms. The number of hydrogen-bond donors (Lipinski definition) is 0. The second-order valence-electron chi connectivity index (χ2n) is 4.89. The summed E-state index contributed by atoms with van der Waals surface area (Å²) < 4.78 is 5.41. The lowest BCUT2D eigenvalue weighted by atomic mass is 10.1. The van der Waals surface area contributed by atoms with Gasteiger partial charge in [-0.25, -0.2) is 0 Å². The number of benzene rings is 1. The molecule has 2 rings (SSSR count).